The molecule has 1 aliphatic carbocycles. The van der Waals surface area contributed by atoms with Gasteiger partial charge in [-0.3, -0.25) is 9.69 Å². The second kappa shape index (κ2) is 7.10. The summed E-state index contributed by atoms with van der Waals surface area (Å²) in [5, 5.41) is 3.36. The van der Waals surface area contributed by atoms with Gasteiger partial charge in [-0.15, -0.1) is 0 Å². The molecule has 0 aromatic carbocycles. The van der Waals surface area contributed by atoms with E-state index in [1.807, 2.05) is 7.05 Å². The molecule has 0 aromatic heterocycles. The zero-order chi connectivity index (χ0) is 14.7. The topological polar surface area (TPSA) is 35.6 Å². The Hall–Kier alpha value is -0.610. The summed E-state index contributed by atoms with van der Waals surface area (Å²) in [6.45, 7) is 3.80. The second-order valence-electron chi connectivity index (χ2n) is 7.18. The zero-order valence-electron chi connectivity index (χ0n) is 13.5. The van der Waals surface area contributed by atoms with Crippen molar-refractivity contribution in [1.82, 2.24) is 15.1 Å². The van der Waals surface area contributed by atoms with Gasteiger partial charge in [0, 0.05) is 31.7 Å². The maximum absolute atomic E-state index is 12.7. The highest BCUT2D eigenvalue weighted by Gasteiger charge is 2.36. The molecule has 3 fully saturated rings. The number of hydrogen-bond acceptors (Lipinski definition) is 3. The lowest BCUT2D eigenvalue weighted by atomic mass is 9.78. The zero-order valence-corrected chi connectivity index (χ0v) is 13.5. The van der Waals surface area contributed by atoms with Crippen LogP contribution in [0, 0.1) is 5.92 Å². The van der Waals surface area contributed by atoms with Crippen LogP contribution in [0.2, 0.25) is 0 Å². The third-order valence-corrected chi connectivity index (χ3v) is 5.92. The van der Waals surface area contributed by atoms with Crippen LogP contribution >= 0.6 is 0 Å². The Morgan fingerprint density at radius 2 is 1.71 bits per heavy atom. The first-order valence-corrected chi connectivity index (χ1v) is 8.97. The van der Waals surface area contributed by atoms with Crippen LogP contribution in [0.25, 0.3) is 0 Å². The molecule has 120 valence electrons. The first-order chi connectivity index (χ1) is 10.3. The molecule has 2 unspecified atom stereocenters. The van der Waals surface area contributed by atoms with Gasteiger partial charge in [0.15, 0.2) is 0 Å². The van der Waals surface area contributed by atoms with Gasteiger partial charge in [0.05, 0.1) is 6.54 Å². The fourth-order valence-electron chi connectivity index (χ4n) is 4.60. The Kier molecular flexibility index (Phi) is 5.17. The van der Waals surface area contributed by atoms with Crippen LogP contribution in [0.5, 0.6) is 0 Å². The summed E-state index contributed by atoms with van der Waals surface area (Å²) in [6, 6.07) is 1.21. The van der Waals surface area contributed by atoms with E-state index in [2.05, 4.69) is 15.1 Å². The first kappa shape index (κ1) is 15.3. The number of carbonyl (C=O) groups excluding carboxylic acids is 1. The standard InChI is InChI=1S/C17H31N3O/c1-18-15-8-11-19(12-9-15)13-17(21)20-10-4-6-14-5-2-3-7-16(14)20/h14-16,18H,2-13H2,1H3. The van der Waals surface area contributed by atoms with Crippen molar-refractivity contribution >= 4 is 5.91 Å². The van der Waals surface area contributed by atoms with Gasteiger partial charge in [-0.25, -0.2) is 0 Å². The molecule has 21 heavy (non-hydrogen) atoms. The Labute approximate surface area is 129 Å². The molecule has 2 atom stereocenters. The highest BCUT2D eigenvalue weighted by Crippen LogP contribution is 2.35. The summed E-state index contributed by atoms with van der Waals surface area (Å²) in [5.74, 6) is 1.20. The highest BCUT2D eigenvalue weighted by atomic mass is 16.2. The molecule has 0 spiro atoms. The van der Waals surface area contributed by atoms with Gasteiger partial charge in [0.2, 0.25) is 5.91 Å². The van der Waals surface area contributed by atoms with Gasteiger partial charge < -0.3 is 10.2 Å². The van der Waals surface area contributed by atoms with Crippen molar-refractivity contribution in [3.63, 3.8) is 0 Å². The Bertz CT molecular complexity index is 350. The molecule has 0 radical (unpaired) electrons. The third kappa shape index (κ3) is 3.59. The summed E-state index contributed by atoms with van der Waals surface area (Å²) in [5.41, 5.74) is 0. The van der Waals surface area contributed by atoms with Crippen molar-refractivity contribution in [3.8, 4) is 0 Å². The van der Waals surface area contributed by atoms with Gasteiger partial charge in [-0.2, -0.15) is 0 Å². The second-order valence-corrected chi connectivity index (χ2v) is 7.18. The van der Waals surface area contributed by atoms with Crippen molar-refractivity contribution in [1.29, 1.82) is 0 Å². The Morgan fingerprint density at radius 3 is 2.48 bits per heavy atom. The fourth-order valence-corrected chi connectivity index (χ4v) is 4.60. The van der Waals surface area contributed by atoms with E-state index >= 15 is 0 Å². The van der Waals surface area contributed by atoms with Crippen LogP contribution in [0.3, 0.4) is 0 Å². The number of likely N-dealkylation sites (tertiary alicyclic amines) is 2. The number of amides is 1. The van der Waals surface area contributed by atoms with Gasteiger partial charge in [-0.05, 0) is 51.5 Å². The summed E-state index contributed by atoms with van der Waals surface area (Å²) < 4.78 is 0. The minimum absolute atomic E-state index is 0.398. The average Bonchev–Trinajstić information content (AvgIpc) is 2.55. The quantitative estimate of drug-likeness (QED) is 0.862. The predicted molar refractivity (Wildman–Crippen MR) is 85.2 cm³/mol. The van der Waals surface area contributed by atoms with Crippen molar-refractivity contribution in [2.24, 2.45) is 5.92 Å². The number of carbonyl (C=O) groups is 1. The maximum atomic E-state index is 12.7. The molecule has 4 heteroatoms. The van der Waals surface area contributed by atoms with Crippen LogP contribution in [0.15, 0.2) is 0 Å². The summed E-state index contributed by atoms with van der Waals surface area (Å²) in [4.78, 5) is 17.4. The van der Waals surface area contributed by atoms with E-state index in [9.17, 15) is 4.79 Å². The maximum Gasteiger partial charge on any atom is 0.237 e. The lowest BCUT2D eigenvalue weighted by Crippen LogP contribution is -2.53. The number of hydrogen-bond donors (Lipinski definition) is 1. The SMILES string of the molecule is CNC1CCN(CC(=O)N2CCCC3CCCCC32)CC1. The van der Waals surface area contributed by atoms with Crippen molar-refractivity contribution < 1.29 is 4.79 Å². The molecule has 2 heterocycles. The van der Waals surface area contributed by atoms with E-state index in [0.29, 0.717) is 24.5 Å². The summed E-state index contributed by atoms with van der Waals surface area (Å²) >= 11 is 0. The van der Waals surface area contributed by atoms with E-state index in [0.717, 1.165) is 25.6 Å². The largest absolute Gasteiger partial charge is 0.338 e. The van der Waals surface area contributed by atoms with Crippen LogP contribution in [-0.4, -0.2) is 61.0 Å². The number of fused-ring (bicyclic) bond motifs is 1. The summed E-state index contributed by atoms with van der Waals surface area (Å²) in [6.07, 6.45) is 10.2. The number of piperidine rings is 2. The van der Waals surface area contributed by atoms with E-state index < -0.39 is 0 Å². The van der Waals surface area contributed by atoms with Crippen LogP contribution in [0.1, 0.15) is 51.4 Å². The molecule has 4 nitrogen and oxygen atoms in total. The minimum atomic E-state index is 0.398. The predicted octanol–water partition coefficient (Wildman–Crippen LogP) is 1.85. The molecular formula is C17H31N3O. The molecule has 3 aliphatic rings. The highest BCUT2D eigenvalue weighted by molar-refractivity contribution is 5.78. The van der Waals surface area contributed by atoms with Crippen molar-refractivity contribution in [2.75, 3.05) is 33.2 Å². The van der Waals surface area contributed by atoms with Crippen LogP contribution in [0.4, 0.5) is 0 Å². The van der Waals surface area contributed by atoms with Crippen molar-refractivity contribution in [2.45, 2.75) is 63.5 Å². The van der Waals surface area contributed by atoms with Crippen LogP contribution in [-0.2, 0) is 4.79 Å². The summed E-state index contributed by atoms with van der Waals surface area (Å²) in [7, 11) is 2.04. The molecular weight excluding hydrogens is 262 g/mol. The monoisotopic (exact) mass is 293 g/mol. The van der Waals surface area contributed by atoms with Gasteiger partial charge in [0.25, 0.3) is 0 Å². The number of rotatable bonds is 3. The van der Waals surface area contributed by atoms with E-state index in [1.54, 1.807) is 0 Å². The van der Waals surface area contributed by atoms with E-state index in [-0.39, 0.29) is 0 Å². The fraction of sp³-hybridized carbons (Fsp3) is 0.941. The Morgan fingerprint density at radius 1 is 1.00 bits per heavy atom. The molecule has 3 rings (SSSR count). The van der Waals surface area contributed by atoms with Gasteiger partial charge in [0.1, 0.15) is 0 Å². The van der Waals surface area contributed by atoms with Gasteiger partial charge in [-0.1, -0.05) is 12.8 Å². The molecule has 1 amide bonds. The van der Waals surface area contributed by atoms with Crippen molar-refractivity contribution in [3.05, 3.63) is 0 Å². The smallest absolute Gasteiger partial charge is 0.237 e. The molecule has 1 N–H and O–H groups in total. The van der Waals surface area contributed by atoms with E-state index in [4.69, 9.17) is 0 Å². The lowest BCUT2D eigenvalue weighted by molar-refractivity contribution is -0.139. The molecule has 0 aromatic rings. The average molecular weight is 293 g/mol. The van der Waals surface area contributed by atoms with Gasteiger partial charge >= 0.3 is 0 Å². The molecule has 2 aliphatic heterocycles. The van der Waals surface area contributed by atoms with E-state index in [1.165, 1.54) is 51.4 Å². The third-order valence-electron chi connectivity index (χ3n) is 5.92. The first-order valence-electron chi connectivity index (χ1n) is 8.97. The number of nitrogens with zero attached hydrogens (tertiary/aromatic N) is 2. The minimum Gasteiger partial charge on any atom is -0.338 e. The normalized spacial score (nSPS) is 32.0. The molecule has 1 saturated carbocycles. The molecule has 2 saturated heterocycles. The van der Waals surface area contributed by atoms with Crippen LogP contribution < -0.4 is 5.32 Å². The molecule has 0 bridgehead atoms. The lowest BCUT2D eigenvalue weighted by Gasteiger charge is -2.45. The Balaban J connectivity index is 1.52. The number of nitrogens with one attached hydrogen (secondary N) is 1.